The highest BCUT2D eigenvalue weighted by Gasteiger charge is 2.02. The van der Waals surface area contributed by atoms with E-state index in [4.69, 9.17) is 28.9 Å². The second-order valence-corrected chi connectivity index (χ2v) is 4.49. The zero-order valence-electron chi connectivity index (χ0n) is 9.17. The van der Waals surface area contributed by atoms with Crippen LogP contribution < -0.4 is 11.1 Å². The first-order valence-corrected chi connectivity index (χ1v) is 5.76. The fourth-order valence-electron chi connectivity index (χ4n) is 1.36. The first kappa shape index (κ1) is 12.0. The summed E-state index contributed by atoms with van der Waals surface area (Å²) in [5.74, 6) is 0.718. The Morgan fingerprint density at radius 2 is 1.94 bits per heavy atom. The molecule has 0 saturated heterocycles. The molecular formula is C12H11Cl2N3. The van der Waals surface area contributed by atoms with E-state index >= 15 is 0 Å². The highest BCUT2D eigenvalue weighted by molar-refractivity contribution is 6.42. The molecule has 0 atom stereocenters. The molecule has 1 heterocycles. The maximum absolute atomic E-state index is 5.92. The molecule has 0 amide bonds. The van der Waals surface area contributed by atoms with Gasteiger partial charge in [-0.05, 0) is 36.8 Å². The predicted molar refractivity (Wildman–Crippen MR) is 73.1 cm³/mol. The molecule has 0 unspecified atom stereocenters. The number of aromatic nitrogens is 1. The Balaban J connectivity index is 2.25. The second-order valence-electron chi connectivity index (χ2n) is 3.68. The molecule has 1 aromatic carbocycles. The van der Waals surface area contributed by atoms with E-state index in [1.165, 1.54) is 0 Å². The fraction of sp³-hybridized carbons (Fsp3) is 0.0833. The van der Waals surface area contributed by atoms with Crippen LogP contribution in [0.3, 0.4) is 0 Å². The minimum atomic E-state index is 0.504. The molecule has 2 aromatic rings. The Morgan fingerprint density at radius 3 is 2.59 bits per heavy atom. The van der Waals surface area contributed by atoms with Crippen molar-refractivity contribution in [3.8, 4) is 0 Å². The summed E-state index contributed by atoms with van der Waals surface area (Å²) in [6, 6.07) is 7.19. The monoisotopic (exact) mass is 267 g/mol. The lowest BCUT2D eigenvalue weighted by Crippen LogP contribution is -1.97. The van der Waals surface area contributed by atoms with Crippen molar-refractivity contribution in [2.45, 2.75) is 6.92 Å². The minimum Gasteiger partial charge on any atom is -0.397 e. The van der Waals surface area contributed by atoms with E-state index in [-0.39, 0.29) is 0 Å². The van der Waals surface area contributed by atoms with Gasteiger partial charge in [0.05, 0.1) is 21.9 Å². The molecule has 0 saturated carbocycles. The number of pyridine rings is 1. The lowest BCUT2D eigenvalue weighted by atomic mass is 10.2. The van der Waals surface area contributed by atoms with Gasteiger partial charge < -0.3 is 11.1 Å². The molecule has 88 valence electrons. The number of hydrogen-bond acceptors (Lipinski definition) is 3. The highest BCUT2D eigenvalue weighted by atomic mass is 35.5. The maximum atomic E-state index is 5.92. The lowest BCUT2D eigenvalue weighted by molar-refractivity contribution is 1.28. The lowest BCUT2D eigenvalue weighted by Gasteiger charge is -2.08. The third-order valence-corrected chi connectivity index (χ3v) is 3.08. The molecule has 0 aliphatic rings. The summed E-state index contributed by atoms with van der Waals surface area (Å²) >= 11 is 11.8. The van der Waals surface area contributed by atoms with Crippen LogP contribution in [0.1, 0.15) is 5.56 Å². The topological polar surface area (TPSA) is 50.9 Å². The molecule has 3 N–H and O–H groups in total. The third-order valence-electron chi connectivity index (χ3n) is 2.34. The van der Waals surface area contributed by atoms with Crippen LogP contribution in [-0.2, 0) is 0 Å². The Kier molecular flexibility index (Phi) is 3.41. The summed E-state index contributed by atoms with van der Waals surface area (Å²) < 4.78 is 0. The van der Waals surface area contributed by atoms with Crippen LogP contribution in [0.25, 0.3) is 0 Å². The van der Waals surface area contributed by atoms with Crippen molar-refractivity contribution in [3.05, 3.63) is 46.1 Å². The molecule has 17 heavy (non-hydrogen) atoms. The summed E-state index contributed by atoms with van der Waals surface area (Å²) in [7, 11) is 0. The Bertz CT molecular complexity index is 506. The van der Waals surface area contributed by atoms with Gasteiger partial charge in [-0.3, -0.25) is 0 Å². The minimum absolute atomic E-state index is 0.504. The first-order chi connectivity index (χ1) is 8.06. The number of aryl methyl sites for hydroxylation is 1. The Morgan fingerprint density at radius 1 is 1.18 bits per heavy atom. The molecule has 5 heteroatoms. The summed E-state index contributed by atoms with van der Waals surface area (Å²) in [5, 5.41) is 4.16. The van der Waals surface area contributed by atoms with Crippen molar-refractivity contribution in [1.29, 1.82) is 0 Å². The summed E-state index contributed by atoms with van der Waals surface area (Å²) in [5.41, 5.74) is 8.17. The van der Waals surface area contributed by atoms with Gasteiger partial charge in [0.1, 0.15) is 5.82 Å². The van der Waals surface area contributed by atoms with E-state index in [2.05, 4.69) is 10.3 Å². The number of benzene rings is 1. The number of hydrogen-bond donors (Lipinski definition) is 2. The average molecular weight is 268 g/mol. The number of rotatable bonds is 2. The number of anilines is 3. The molecule has 0 aliphatic heterocycles. The molecule has 0 bridgehead atoms. The number of nitrogens with one attached hydrogen (secondary N) is 1. The van der Waals surface area contributed by atoms with E-state index in [0.29, 0.717) is 15.7 Å². The first-order valence-electron chi connectivity index (χ1n) is 5.00. The number of nitrogens with two attached hydrogens (primary N) is 1. The largest absolute Gasteiger partial charge is 0.397 e. The molecule has 3 nitrogen and oxygen atoms in total. The van der Waals surface area contributed by atoms with Gasteiger partial charge in [0.2, 0.25) is 0 Å². The van der Waals surface area contributed by atoms with Crippen LogP contribution in [0.4, 0.5) is 17.2 Å². The normalized spacial score (nSPS) is 10.3. The van der Waals surface area contributed by atoms with Gasteiger partial charge in [0, 0.05) is 5.69 Å². The maximum Gasteiger partial charge on any atom is 0.130 e. The average Bonchev–Trinajstić information content (AvgIpc) is 2.29. The van der Waals surface area contributed by atoms with E-state index < -0.39 is 0 Å². The van der Waals surface area contributed by atoms with Gasteiger partial charge in [-0.25, -0.2) is 4.98 Å². The van der Waals surface area contributed by atoms with Gasteiger partial charge in [0.25, 0.3) is 0 Å². The predicted octanol–water partition coefficient (Wildman–Crippen LogP) is 4.02. The fourth-order valence-corrected chi connectivity index (χ4v) is 1.65. The van der Waals surface area contributed by atoms with Crippen molar-refractivity contribution < 1.29 is 0 Å². The number of halogens is 2. The molecule has 0 fully saturated rings. The number of nitrogens with zero attached hydrogens (tertiary/aromatic N) is 1. The summed E-state index contributed by atoms with van der Waals surface area (Å²) in [6.07, 6.45) is 1.62. The van der Waals surface area contributed by atoms with E-state index in [9.17, 15) is 0 Å². The van der Waals surface area contributed by atoms with Gasteiger partial charge in [0.15, 0.2) is 0 Å². The van der Waals surface area contributed by atoms with E-state index in [1.807, 2.05) is 19.1 Å². The molecule has 0 spiro atoms. The van der Waals surface area contributed by atoms with E-state index in [0.717, 1.165) is 17.1 Å². The van der Waals surface area contributed by atoms with E-state index in [1.54, 1.807) is 18.3 Å². The van der Waals surface area contributed by atoms with Gasteiger partial charge in [-0.2, -0.15) is 0 Å². The molecular weight excluding hydrogens is 257 g/mol. The Labute approximate surface area is 110 Å². The molecule has 0 radical (unpaired) electrons. The van der Waals surface area contributed by atoms with Crippen molar-refractivity contribution in [1.82, 2.24) is 4.98 Å². The third kappa shape index (κ3) is 2.81. The molecule has 2 rings (SSSR count). The quantitative estimate of drug-likeness (QED) is 0.864. The van der Waals surface area contributed by atoms with Crippen molar-refractivity contribution >= 4 is 40.4 Å². The number of nitrogen functional groups attached to an aromatic ring is 1. The highest BCUT2D eigenvalue weighted by Crippen LogP contribution is 2.26. The molecule has 1 aromatic heterocycles. The second kappa shape index (κ2) is 4.82. The van der Waals surface area contributed by atoms with Crippen LogP contribution >= 0.6 is 23.2 Å². The zero-order chi connectivity index (χ0) is 12.4. The summed E-state index contributed by atoms with van der Waals surface area (Å²) in [6.45, 7) is 1.93. The Hall–Kier alpha value is -1.45. The van der Waals surface area contributed by atoms with Crippen molar-refractivity contribution in [3.63, 3.8) is 0 Å². The van der Waals surface area contributed by atoms with Crippen LogP contribution in [0.15, 0.2) is 30.5 Å². The van der Waals surface area contributed by atoms with Crippen LogP contribution in [-0.4, -0.2) is 4.98 Å². The standard InChI is InChI=1S/C12H11Cl2N3/c1-7-4-12(16-6-11(7)15)17-8-2-3-9(13)10(14)5-8/h2-6H,15H2,1H3,(H,16,17). The van der Waals surface area contributed by atoms with Crippen LogP contribution in [0.5, 0.6) is 0 Å². The summed E-state index contributed by atoms with van der Waals surface area (Å²) in [4.78, 5) is 4.17. The smallest absolute Gasteiger partial charge is 0.130 e. The van der Waals surface area contributed by atoms with Gasteiger partial charge >= 0.3 is 0 Å². The van der Waals surface area contributed by atoms with Crippen LogP contribution in [0, 0.1) is 6.92 Å². The van der Waals surface area contributed by atoms with Crippen LogP contribution in [0.2, 0.25) is 10.0 Å². The molecule has 0 aliphatic carbocycles. The van der Waals surface area contributed by atoms with Crippen molar-refractivity contribution in [2.75, 3.05) is 11.1 Å². The SMILES string of the molecule is Cc1cc(Nc2ccc(Cl)c(Cl)c2)ncc1N. The zero-order valence-corrected chi connectivity index (χ0v) is 10.7. The van der Waals surface area contributed by atoms with Gasteiger partial charge in [-0.1, -0.05) is 23.2 Å². The van der Waals surface area contributed by atoms with Gasteiger partial charge in [-0.15, -0.1) is 0 Å². The van der Waals surface area contributed by atoms with Crippen molar-refractivity contribution in [2.24, 2.45) is 0 Å².